The Labute approximate surface area is 122 Å². The molecule has 2 rings (SSSR count). The van der Waals surface area contributed by atoms with Crippen LogP contribution in [0.3, 0.4) is 0 Å². The zero-order valence-corrected chi connectivity index (χ0v) is 12.1. The molecule has 0 aliphatic carbocycles. The number of Topliss-reactive ketones (excluding diaryl/α,β-unsaturated/α-hetero) is 1. The molecule has 118 valence electrons. The van der Waals surface area contributed by atoms with Gasteiger partial charge >= 0.3 is 10.4 Å². The van der Waals surface area contributed by atoms with E-state index in [1.54, 1.807) is 0 Å². The molecule has 0 aliphatic heterocycles. The third-order valence-electron chi connectivity index (χ3n) is 2.92. The molecule has 0 saturated carbocycles. The molecular formula is C12H9F2NO6S. The Morgan fingerprint density at radius 3 is 2.32 bits per heavy atom. The molecule has 0 fully saturated rings. The third kappa shape index (κ3) is 2.57. The number of nitrogens with zero attached hydrogens (tertiary/aromatic N) is 1. The zero-order chi connectivity index (χ0) is 16.8. The molecule has 1 N–H and O–H groups in total. The van der Waals surface area contributed by atoms with Gasteiger partial charge in [0.1, 0.15) is 11.3 Å². The Hall–Kier alpha value is -2.33. The van der Waals surface area contributed by atoms with E-state index in [9.17, 15) is 26.8 Å². The number of carbonyl (C=O) groups excluding carboxylic acids is 1. The molecule has 0 amide bonds. The molecule has 1 aromatic heterocycles. The van der Waals surface area contributed by atoms with Crippen molar-refractivity contribution >= 4 is 27.1 Å². The number of carbonyl (C=O) groups is 1. The van der Waals surface area contributed by atoms with E-state index in [0.29, 0.717) is 12.1 Å². The molecule has 10 heteroatoms. The van der Waals surface area contributed by atoms with Crippen LogP contribution in [0.25, 0.3) is 10.9 Å². The third-order valence-corrected chi connectivity index (χ3v) is 3.26. The fourth-order valence-corrected chi connectivity index (χ4v) is 2.49. The molecule has 0 saturated heterocycles. The Balaban J connectivity index is 3.14. The maximum Gasteiger partial charge on any atom is 0.465 e. The predicted octanol–water partition coefficient (Wildman–Crippen LogP) is 1.02. The van der Waals surface area contributed by atoms with Crippen molar-refractivity contribution in [1.29, 1.82) is 0 Å². The summed E-state index contributed by atoms with van der Waals surface area (Å²) in [6, 6.07) is 1.30. The molecular weight excluding hydrogens is 324 g/mol. The molecule has 0 radical (unpaired) electrons. The van der Waals surface area contributed by atoms with E-state index in [-0.39, 0.29) is 4.73 Å². The second kappa shape index (κ2) is 5.14. The van der Waals surface area contributed by atoms with Crippen LogP contribution < -0.4 is 9.71 Å². The first-order chi connectivity index (χ1) is 10.0. The van der Waals surface area contributed by atoms with E-state index in [4.69, 9.17) is 4.55 Å². The van der Waals surface area contributed by atoms with E-state index in [1.807, 2.05) is 0 Å². The molecule has 1 heterocycles. The van der Waals surface area contributed by atoms with Crippen LogP contribution in [0.1, 0.15) is 23.0 Å². The van der Waals surface area contributed by atoms with Crippen molar-refractivity contribution in [1.82, 2.24) is 4.73 Å². The Morgan fingerprint density at radius 2 is 1.82 bits per heavy atom. The van der Waals surface area contributed by atoms with Crippen molar-refractivity contribution in [3.63, 3.8) is 0 Å². The summed E-state index contributed by atoms with van der Waals surface area (Å²) in [5, 5.41) is -0.862. The average molecular weight is 333 g/mol. The van der Waals surface area contributed by atoms with Gasteiger partial charge in [-0.2, -0.15) is 13.1 Å². The Kier molecular flexibility index (Phi) is 3.75. The Bertz CT molecular complexity index is 964. The molecule has 1 aromatic carbocycles. The van der Waals surface area contributed by atoms with Gasteiger partial charge in [0.25, 0.3) is 0 Å². The van der Waals surface area contributed by atoms with Gasteiger partial charge in [0.2, 0.25) is 5.43 Å². The van der Waals surface area contributed by atoms with Crippen LogP contribution >= 0.6 is 0 Å². The SMILES string of the molecule is CC(=O)c1c(C)n(OS(=O)(=O)O)c2c(F)ccc(F)c2c1=O. The number of halogens is 2. The molecule has 22 heavy (non-hydrogen) atoms. The van der Waals surface area contributed by atoms with Gasteiger partial charge in [-0.3, -0.25) is 18.4 Å². The number of hydrogen-bond donors (Lipinski definition) is 1. The minimum atomic E-state index is -5.12. The molecule has 0 unspecified atom stereocenters. The summed E-state index contributed by atoms with van der Waals surface area (Å²) < 4.78 is 62.7. The van der Waals surface area contributed by atoms with Crippen LogP contribution in [0.4, 0.5) is 8.78 Å². The maximum atomic E-state index is 13.9. The number of ketones is 1. The van der Waals surface area contributed by atoms with Crippen LogP contribution in [0, 0.1) is 18.6 Å². The van der Waals surface area contributed by atoms with Crippen molar-refractivity contribution in [2.24, 2.45) is 0 Å². The quantitative estimate of drug-likeness (QED) is 0.664. The van der Waals surface area contributed by atoms with E-state index in [0.717, 1.165) is 13.8 Å². The van der Waals surface area contributed by atoms with E-state index < -0.39 is 55.4 Å². The molecule has 0 aliphatic rings. The standard InChI is InChI=1S/C12H9F2NO6S/c1-5-9(6(2)16)12(17)10-7(13)3-4-8(14)11(10)15(5)21-22(18,19)20/h3-4H,1-2H3,(H,18,19,20). The fourth-order valence-electron chi connectivity index (χ4n) is 2.12. The normalized spacial score (nSPS) is 11.7. The first kappa shape index (κ1) is 16.0. The highest BCUT2D eigenvalue weighted by Gasteiger charge is 2.25. The Morgan fingerprint density at radius 1 is 1.27 bits per heavy atom. The van der Waals surface area contributed by atoms with Gasteiger partial charge in [0.15, 0.2) is 11.6 Å². The van der Waals surface area contributed by atoms with Gasteiger partial charge in [0, 0.05) is 0 Å². The van der Waals surface area contributed by atoms with Crippen molar-refractivity contribution < 1.29 is 30.8 Å². The van der Waals surface area contributed by atoms with Crippen LogP contribution in [-0.4, -0.2) is 23.5 Å². The van der Waals surface area contributed by atoms with E-state index in [2.05, 4.69) is 4.28 Å². The maximum absolute atomic E-state index is 13.9. The monoisotopic (exact) mass is 333 g/mol. The van der Waals surface area contributed by atoms with E-state index in [1.165, 1.54) is 0 Å². The first-order valence-corrected chi connectivity index (χ1v) is 7.12. The van der Waals surface area contributed by atoms with Gasteiger partial charge in [-0.05, 0) is 26.0 Å². The predicted molar refractivity (Wildman–Crippen MR) is 71.0 cm³/mol. The highest BCUT2D eigenvalue weighted by Crippen LogP contribution is 2.21. The molecule has 0 atom stereocenters. The van der Waals surface area contributed by atoms with Gasteiger partial charge in [-0.15, -0.1) is 0 Å². The smallest absolute Gasteiger partial charge is 0.294 e. The summed E-state index contributed by atoms with van der Waals surface area (Å²) >= 11 is 0. The van der Waals surface area contributed by atoms with Gasteiger partial charge in [0.05, 0.1) is 16.6 Å². The largest absolute Gasteiger partial charge is 0.465 e. The number of hydrogen-bond acceptors (Lipinski definition) is 5. The van der Waals surface area contributed by atoms with Crippen LogP contribution in [0.2, 0.25) is 0 Å². The lowest BCUT2D eigenvalue weighted by atomic mass is 10.1. The highest BCUT2D eigenvalue weighted by atomic mass is 32.3. The summed E-state index contributed by atoms with van der Waals surface area (Å²) in [4.78, 5) is 23.7. The topological polar surface area (TPSA) is 103 Å². The molecule has 7 nitrogen and oxygen atoms in total. The number of fused-ring (bicyclic) bond motifs is 1. The summed E-state index contributed by atoms with van der Waals surface area (Å²) in [7, 11) is -5.12. The average Bonchev–Trinajstić information content (AvgIpc) is 2.35. The van der Waals surface area contributed by atoms with Crippen LogP contribution in [0.15, 0.2) is 16.9 Å². The van der Waals surface area contributed by atoms with Crippen LogP contribution in [-0.2, 0) is 10.4 Å². The number of pyridine rings is 1. The van der Waals surface area contributed by atoms with Crippen molar-refractivity contribution in [3.8, 4) is 0 Å². The van der Waals surface area contributed by atoms with Gasteiger partial charge in [-0.25, -0.2) is 8.78 Å². The highest BCUT2D eigenvalue weighted by molar-refractivity contribution is 7.81. The minimum Gasteiger partial charge on any atom is -0.294 e. The van der Waals surface area contributed by atoms with E-state index >= 15 is 0 Å². The zero-order valence-electron chi connectivity index (χ0n) is 11.3. The summed E-state index contributed by atoms with van der Waals surface area (Å²) in [5.41, 5.74) is -2.93. The lowest BCUT2D eigenvalue weighted by Gasteiger charge is -2.15. The summed E-state index contributed by atoms with van der Waals surface area (Å²) in [5.74, 6) is -3.15. The number of benzene rings is 1. The summed E-state index contributed by atoms with van der Waals surface area (Å²) in [6.07, 6.45) is 0. The summed E-state index contributed by atoms with van der Waals surface area (Å²) in [6.45, 7) is 2.08. The second-order valence-electron chi connectivity index (χ2n) is 4.40. The van der Waals surface area contributed by atoms with Gasteiger partial charge in [-0.1, -0.05) is 0 Å². The van der Waals surface area contributed by atoms with Gasteiger partial charge < -0.3 is 0 Å². The first-order valence-electron chi connectivity index (χ1n) is 5.76. The lowest BCUT2D eigenvalue weighted by molar-refractivity contribution is 0.101. The fraction of sp³-hybridized carbons (Fsp3) is 0.167. The van der Waals surface area contributed by atoms with Crippen LogP contribution in [0.5, 0.6) is 0 Å². The van der Waals surface area contributed by atoms with Crippen molar-refractivity contribution in [2.45, 2.75) is 13.8 Å². The molecule has 2 aromatic rings. The molecule has 0 bridgehead atoms. The minimum absolute atomic E-state index is 0.196. The number of aromatic nitrogens is 1. The van der Waals surface area contributed by atoms with Crippen molar-refractivity contribution in [2.75, 3.05) is 0 Å². The number of rotatable bonds is 3. The lowest BCUT2D eigenvalue weighted by Crippen LogP contribution is -2.29. The van der Waals surface area contributed by atoms with Crippen molar-refractivity contribution in [3.05, 3.63) is 45.2 Å². The molecule has 0 spiro atoms. The second-order valence-corrected chi connectivity index (χ2v) is 5.40.